The van der Waals surface area contributed by atoms with E-state index in [1.165, 1.54) is 18.2 Å². The molecule has 0 saturated carbocycles. The van der Waals surface area contributed by atoms with E-state index < -0.39 is 4.92 Å². The number of carbonyl (C=O) groups is 1. The summed E-state index contributed by atoms with van der Waals surface area (Å²) in [5.74, 6) is 0.166. The maximum Gasteiger partial charge on any atom is 0.283 e. The van der Waals surface area contributed by atoms with Crippen LogP contribution in [0.15, 0.2) is 18.2 Å². The fourth-order valence-corrected chi connectivity index (χ4v) is 2.95. The summed E-state index contributed by atoms with van der Waals surface area (Å²) in [5.41, 5.74) is 5.29. The monoisotopic (exact) mass is 311 g/mol. The summed E-state index contributed by atoms with van der Waals surface area (Å²) in [6.45, 7) is 1.83. The topological polar surface area (TPSA) is 89.5 Å². The van der Waals surface area contributed by atoms with Gasteiger partial charge in [0.2, 0.25) is 0 Å². The van der Waals surface area contributed by atoms with E-state index in [2.05, 4.69) is 0 Å². The van der Waals surface area contributed by atoms with Crippen LogP contribution in [-0.2, 0) is 0 Å². The minimum atomic E-state index is -0.569. The van der Waals surface area contributed by atoms with Crippen LogP contribution in [0.2, 0.25) is 5.02 Å². The van der Waals surface area contributed by atoms with Crippen molar-refractivity contribution in [3.8, 4) is 0 Å². The number of carbonyl (C=O) groups excluding carboxylic acids is 1. The molecule has 0 spiro atoms. The van der Waals surface area contributed by atoms with Gasteiger partial charge in [0.1, 0.15) is 5.56 Å². The first-order valence-electron chi connectivity index (χ1n) is 6.96. The highest BCUT2D eigenvalue weighted by atomic mass is 35.5. The fraction of sp³-hybridized carbons (Fsp3) is 0.500. The molecule has 1 aromatic rings. The molecule has 114 valence electrons. The lowest BCUT2D eigenvalue weighted by Crippen LogP contribution is -2.39. The SMILES string of the molecule is NCCC1CCN(C(=O)c2c(Cl)cccc2[N+](=O)[O-])CC1. The first-order valence-corrected chi connectivity index (χ1v) is 7.34. The second-order valence-corrected chi connectivity index (χ2v) is 5.61. The van der Waals surface area contributed by atoms with Gasteiger partial charge in [-0.05, 0) is 37.8 Å². The first-order chi connectivity index (χ1) is 10.0. The van der Waals surface area contributed by atoms with E-state index in [4.69, 9.17) is 17.3 Å². The van der Waals surface area contributed by atoms with Crippen molar-refractivity contribution in [2.75, 3.05) is 19.6 Å². The lowest BCUT2D eigenvalue weighted by Gasteiger charge is -2.32. The summed E-state index contributed by atoms with van der Waals surface area (Å²) >= 11 is 6.00. The van der Waals surface area contributed by atoms with Gasteiger partial charge in [-0.3, -0.25) is 14.9 Å². The van der Waals surface area contributed by atoms with Gasteiger partial charge in [-0.15, -0.1) is 0 Å². The van der Waals surface area contributed by atoms with E-state index in [0.29, 0.717) is 25.6 Å². The number of piperidine rings is 1. The molecular formula is C14H18ClN3O3. The van der Waals surface area contributed by atoms with Gasteiger partial charge in [-0.2, -0.15) is 0 Å². The molecule has 0 aliphatic carbocycles. The number of nitrogens with two attached hydrogens (primary N) is 1. The van der Waals surface area contributed by atoms with Crippen LogP contribution in [0.3, 0.4) is 0 Å². The van der Waals surface area contributed by atoms with E-state index in [9.17, 15) is 14.9 Å². The largest absolute Gasteiger partial charge is 0.338 e. The van der Waals surface area contributed by atoms with Crippen molar-refractivity contribution in [3.63, 3.8) is 0 Å². The zero-order valence-electron chi connectivity index (χ0n) is 11.6. The molecule has 21 heavy (non-hydrogen) atoms. The summed E-state index contributed by atoms with van der Waals surface area (Å²) in [6.07, 6.45) is 2.71. The molecule has 2 rings (SSSR count). The molecule has 1 aliphatic rings. The van der Waals surface area contributed by atoms with Crippen LogP contribution in [0.1, 0.15) is 29.6 Å². The van der Waals surface area contributed by atoms with Gasteiger partial charge in [0.05, 0.1) is 9.95 Å². The number of likely N-dealkylation sites (tertiary alicyclic amines) is 1. The molecule has 1 heterocycles. The Morgan fingerprint density at radius 2 is 2.10 bits per heavy atom. The highest BCUT2D eigenvalue weighted by molar-refractivity contribution is 6.34. The Morgan fingerprint density at radius 1 is 1.43 bits per heavy atom. The van der Waals surface area contributed by atoms with Crippen LogP contribution in [0.4, 0.5) is 5.69 Å². The maximum absolute atomic E-state index is 12.5. The Labute approximate surface area is 128 Å². The molecule has 2 N–H and O–H groups in total. The number of amides is 1. The van der Waals surface area contributed by atoms with E-state index in [1.54, 1.807) is 4.90 Å². The van der Waals surface area contributed by atoms with Crippen molar-refractivity contribution in [2.45, 2.75) is 19.3 Å². The Morgan fingerprint density at radius 3 is 2.67 bits per heavy atom. The number of nitro benzene ring substituents is 1. The summed E-state index contributed by atoms with van der Waals surface area (Å²) in [7, 11) is 0. The maximum atomic E-state index is 12.5. The third-order valence-corrected chi connectivity index (χ3v) is 4.19. The molecule has 1 saturated heterocycles. The number of rotatable bonds is 4. The molecule has 0 atom stereocenters. The van der Waals surface area contributed by atoms with Crippen LogP contribution < -0.4 is 5.73 Å². The van der Waals surface area contributed by atoms with Gasteiger partial charge in [0, 0.05) is 19.2 Å². The second-order valence-electron chi connectivity index (χ2n) is 5.20. The quantitative estimate of drug-likeness (QED) is 0.683. The van der Waals surface area contributed by atoms with Crippen LogP contribution in [0.5, 0.6) is 0 Å². The van der Waals surface area contributed by atoms with Gasteiger partial charge in [-0.25, -0.2) is 0 Å². The third-order valence-electron chi connectivity index (χ3n) is 3.88. The smallest absolute Gasteiger partial charge is 0.283 e. The molecule has 0 aromatic heterocycles. The molecule has 0 unspecified atom stereocenters. The molecule has 1 aliphatic heterocycles. The van der Waals surface area contributed by atoms with Crippen molar-refractivity contribution in [1.82, 2.24) is 4.90 Å². The predicted molar refractivity (Wildman–Crippen MR) is 80.4 cm³/mol. The average Bonchev–Trinajstić information content (AvgIpc) is 2.47. The highest BCUT2D eigenvalue weighted by Crippen LogP contribution is 2.29. The van der Waals surface area contributed by atoms with Crippen LogP contribution in [0.25, 0.3) is 0 Å². The van der Waals surface area contributed by atoms with Crippen LogP contribution in [0, 0.1) is 16.0 Å². The Bertz CT molecular complexity index is 542. The molecule has 1 aromatic carbocycles. The fourth-order valence-electron chi connectivity index (χ4n) is 2.70. The summed E-state index contributed by atoms with van der Waals surface area (Å²) in [6, 6.07) is 4.29. The molecule has 1 amide bonds. The van der Waals surface area contributed by atoms with E-state index in [-0.39, 0.29) is 22.2 Å². The Hall–Kier alpha value is -1.66. The summed E-state index contributed by atoms with van der Waals surface area (Å²) < 4.78 is 0. The van der Waals surface area contributed by atoms with Crippen molar-refractivity contribution in [1.29, 1.82) is 0 Å². The Kier molecular flexibility index (Phi) is 5.14. The molecule has 1 fully saturated rings. The van der Waals surface area contributed by atoms with E-state index >= 15 is 0 Å². The van der Waals surface area contributed by atoms with Gasteiger partial charge < -0.3 is 10.6 Å². The number of hydrogen-bond acceptors (Lipinski definition) is 4. The second kappa shape index (κ2) is 6.87. The minimum absolute atomic E-state index is 0.0126. The highest BCUT2D eigenvalue weighted by Gasteiger charge is 2.29. The standard InChI is InChI=1S/C14H18ClN3O3/c15-11-2-1-3-12(18(20)21)13(11)14(19)17-8-5-10(4-7-16)6-9-17/h1-3,10H,4-9,16H2. The third kappa shape index (κ3) is 3.51. The molecule has 6 nitrogen and oxygen atoms in total. The Balaban J connectivity index is 2.16. The van der Waals surface area contributed by atoms with Gasteiger partial charge >= 0.3 is 0 Å². The molecule has 7 heteroatoms. The zero-order valence-corrected chi connectivity index (χ0v) is 12.4. The minimum Gasteiger partial charge on any atom is -0.338 e. The van der Waals surface area contributed by atoms with Gasteiger partial charge in [0.25, 0.3) is 11.6 Å². The van der Waals surface area contributed by atoms with Crippen molar-refractivity contribution in [2.24, 2.45) is 11.7 Å². The van der Waals surface area contributed by atoms with Gasteiger partial charge in [-0.1, -0.05) is 17.7 Å². The van der Waals surface area contributed by atoms with Gasteiger partial charge in [0.15, 0.2) is 0 Å². The van der Waals surface area contributed by atoms with E-state index in [1.807, 2.05) is 0 Å². The predicted octanol–water partition coefficient (Wildman–Crippen LogP) is 2.45. The summed E-state index contributed by atoms with van der Waals surface area (Å²) in [5, 5.41) is 11.2. The number of nitro groups is 1. The molecule has 0 bridgehead atoms. The van der Waals surface area contributed by atoms with Crippen molar-refractivity contribution >= 4 is 23.2 Å². The number of nitrogens with zero attached hydrogens (tertiary/aromatic N) is 2. The lowest BCUT2D eigenvalue weighted by molar-refractivity contribution is -0.385. The lowest BCUT2D eigenvalue weighted by atomic mass is 9.93. The zero-order chi connectivity index (χ0) is 15.4. The van der Waals surface area contributed by atoms with Crippen LogP contribution in [-0.4, -0.2) is 35.4 Å². The number of benzene rings is 1. The first kappa shape index (κ1) is 15.7. The average molecular weight is 312 g/mol. The van der Waals surface area contributed by atoms with Crippen molar-refractivity contribution in [3.05, 3.63) is 38.9 Å². The number of hydrogen-bond donors (Lipinski definition) is 1. The number of halogens is 1. The van der Waals surface area contributed by atoms with Crippen molar-refractivity contribution < 1.29 is 9.72 Å². The van der Waals surface area contributed by atoms with Crippen LogP contribution >= 0.6 is 11.6 Å². The normalized spacial score (nSPS) is 16.0. The molecule has 0 radical (unpaired) electrons. The van der Waals surface area contributed by atoms with E-state index in [0.717, 1.165) is 19.3 Å². The summed E-state index contributed by atoms with van der Waals surface area (Å²) in [4.78, 5) is 24.7. The molecular weight excluding hydrogens is 294 g/mol.